The first kappa shape index (κ1) is 17.9. The predicted molar refractivity (Wildman–Crippen MR) is 92.0 cm³/mol. The Hall–Kier alpha value is -2.94. The minimum absolute atomic E-state index is 0.0652. The zero-order chi connectivity index (χ0) is 18.7. The van der Waals surface area contributed by atoms with Crippen LogP contribution in [0.1, 0.15) is 12.8 Å². The van der Waals surface area contributed by atoms with E-state index in [1.165, 1.54) is 4.57 Å². The molecule has 0 aliphatic carbocycles. The van der Waals surface area contributed by atoms with Crippen molar-refractivity contribution < 1.29 is 19.4 Å². The third-order valence-corrected chi connectivity index (χ3v) is 4.35. The fourth-order valence-corrected chi connectivity index (χ4v) is 3.09. The molecular weight excluding hydrogens is 342 g/mol. The number of aromatic amines is 1. The first-order valence-electron chi connectivity index (χ1n) is 8.28. The molecule has 0 bridgehead atoms. The van der Waals surface area contributed by atoms with Crippen LogP contribution in [0.2, 0.25) is 0 Å². The van der Waals surface area contributed by atoms with Gasteiger partial charge < -0.3 is 14.7 Å². The number of hydrogen-bond donors (Lipinski definition) is 2. The molecule has 1 aromatic carbocycles. The molecule has 9 heteroatoms. The molecule has 1 aromatic heterocycles. The Kier molecular flexibility index (Phi) is 5.17. The molecule has 2 N–H and O–H groups in total. The first-order chi connectivity index (χ1) is 12.5. The maximum absolute atomic E-state index is 12.5. The molecule has 138 valence electrons. The number of carbonyl (C=O) groups excluding carboxylic acids is 1. The second kappa shape index (κ2) is 7.52. The molecule has 0 spiro atoms. The van der Waals surface area contributed by atoms with E-state index in [4.69, 9.17) is 9.84 Å². The third-order valence-electron chi connectivity index (χ3n) is 4.35. The molecular formula is C17H19N3O6. The number of morpholine rings is 1. The number of rotatable bonds is 5. The van der Waals surface area contributed by atoms with Crippen molar-refractivity contribution in [2.75, 3.05) is 19.7 Å². The van der Waals surface area contributed by atoms with E-state index in [-0.39, 0.29) is 38.4 Å². The number of para-hydroxylation sites is 1. The van der Waals surface area contributed by atoms with E-state index >= 15 is 0 Å². The summed E-state index contributed by atoms with van der Waals surface area (Å²) in [4.78, 5) is 51.0. The van der Waals surface area contributed by atoms with Gasteiger partial charge in [-0.1, -0.05) is 12.1 Å². The van der Waals surface area contributed by atoms with E-state index in [1.807, 2.05) is 0 Å². The van der Waals surface area contributed by atoms with Crippen LogP contribution < -0.4 is 11.2 Å². The van der Waals surface area contributed by atoms with Crippen LogP contribution in [0.4, 0.5) is 0 Å². The summed E-state index contributed by atoms with van der Waals surface area (Å²) in [6.45, 7) is 1.00. The highest BCUT2D eigenvalue weighted by Crippen LogP contribution is 2.12. The van der Waals surface area contributed by atoms with Gasteiger partial charge in [0.15, 0.2) is 0 Å². The number of benzene rings is 1. The quantitative estimate of drug-likeness (QED) is 0.759. The lowest BCUT2D eigenvalue weighted by atomic mass is 10.2. The lowest BCUT2D eigenvalue weighted by Gasteiger charge is -2.32. The number of carboxylic acids is 1. The highest BCUT2D eigenvalue weighted by Gasteiger charge is 2.25. The highest BCUT2D eigenvalue weighted by molar-refractivity contribution is 5.79. The number of amides is 1. The number of H-pyrrole nitrogens is 1. The Morgan fingerprint density at radius 2 is 2.04 bits per heavy atom. The number of aryl methyl sites for hydroxylation is 1. The molecule has 1 atom stereocenters. The Morgan fingerprint density at radius 1 is 1.27 bits per heavy atom. The van der Waals surface area contributed by atoms with Crippen molar-refractivity contribution in [1.82, 2.24) is 14.5 Å². The Bertz CT molecular complexity index is 947. The summed E-state index contributed by atoms with van der Waals surface area (Å²) in [7, 11) is 0. The topological polar surface area (TPSA) is 122 Å². The minimum Gasteiger partial charge on any atom is -0.481 e. The molecule has 0 radical (unpaired) electrons. The van der Waals surface area contributed by atoms with Crippen LogP contribution in [0.25, 0.3) is 10.9 Å². The summed E-state index contributed by atoms with van der Waals surface area (Å²) in [5.74, 6) is -1.17. The van der Waals surface area contributed by atoms with Gasteiger partial charge in [-0.05, 0) is 12.1 Å². The van der Waals surface area contributed by atoms with Gasteiger partial charge in [0.1, 0.15) is 0 Å². The molecule has 0 saturated carbocycles. The molecule has 1 aliphatic rings. The van der Waals surface area contributed by atoms with E-state index in [1.54, 1.807) is 29.2 Å². The standard InChI is InChI=1S/C17H19N3O6/c21-14(19-7-8-26-11(10-19)9-15(22)23)5-6-20-13-4-2-1-3-12(13)16(24)18-17(20)25/h1-4,11H,5-10H2,(H,22,23)(H,18,24,25)/t11-/m1/s1. The van der Waals surface area contributed by atoms with Gasteiger partial charge in [0.25, 0.3) is 5.56 Å². The van der Waals surface area contributed by atoms with E-state index < -0.39 is 23.3 Å². The minimum atomic E-state index is -0.976. The molecule has 1 saturated heterocycles. The van der Waals surface area contributed by atoms with Crippen molar-refractivity contribution >= 4 is 22.8 Å². The number of nitrogens with zero attached hydrogens (tertiary/aromatic N) is 2. The smallest absolute Gasteiger partial charge is 0.328 e. The molecule has 1 aliphatic heterocycles. The van der Waals surface area contributed by atoms with Crippen molar-refractivity contribution in [2.24, 2.45) is 0 Å². The van der Waals surface area contributed by atoms with Gasteiger partial charge in [-0.15, -0.1) is 0 Å². The second-order valence-corrected chi connectivity index (χ2v) is 6.11. The number of aliphatic carboxylic acids is 1. The average molecular weight is 361 g/mol. The van der Waals surface area contributed by atoms with E-state index in [9.17, 15) is 19.2 Å². The van der Waals surface area contributed by atoms with E-state index in [0.717, 1.165) is 0 Å². The number of ether oxygens (including phenoxy) is 1. The fourth-order valence-electron chi connectivity index (χ4n) is 3.09. The van der Waals surface area contributed by atoms with Crippen molar-refractivity contribution in [3.05, 3.63) is 45.1 Å². The summed E-state index contributed by atoms with van der Waals surface area (Å²) >= 11 is 0. The van der Waals surface area contributed by atoms with E-state index in [2.05, 4.69) is 4.98 Å². The van der Waals surface area contributed by atoms with Gasteiger partial charge in [-0.25, -0.2) is 4.79 Å². The summed E-state index contributed by atoms with van der Waals surface area (Å²) in [5, 5.41) is 9.23. The van der Waals surface area contributed by atoms with E-state index in [0.29, 0.717) is 17.4 Å². The number of hydrogen-bond acceptors (Lipinski definition) is 5. The van der Waals surface area contributed by atoms with Crippen molar-refractivity contribution in [1.29, 1.82) is 0 Å². The van der Waals surface area contributed by atoms with Crippen LogP contribution in [0.3, 0.4) is 0 Å². The predicted octanol–water partition coefficient (Wildman–Crippen LogP) is -0.218. The Labute approximate surface area is 147 Å². The largest absolute Gasteiger partial charge is 0.481 e. The monoisotopic (exact) mass is 361 g/mol. The van der Waals surface area contributed by atoms with Gasteiger partial charge in [-0.3, -0.25) is 23.9 Å². The van der Waals surface area contributed by atoms with Gasteiger partial charge in [0.05, 0.1) is 30.0 Å². The molecule has 1 amide bonds. The van der Waals surface area contributed by atoms with Gasteiger partial charge in [0, 0.05) is 26.1 Å². The zero-order valence-corrected chi connectivity index (χ0v) is 14.0. The summed E-state index contributed by atoms with van der Waals surface area (Å²) in [6, 6.07) is 6.70. The molecule has 2 heterocycles. The number of aromatic nitrogens is 2. The Balaban J connectivity index is 1.72. The average Bonchev–Trinajstić information content (AvgIpc) is 2.61. The maximum Gasteiger partial charge on any atom is 0.328 e. The molecule has 1 fully saturated rings. The summed E-state index contributed by atoms with van der Waals surface area (Å²) in [6.07, 6.45) is -0.620. The molecule has 0 unspecified atom stereocenters. The zero-order valence-electron chi connectivity index (χ0n) is 14.0. The highest BCUT2D eigenvalue weighted by atomic mass is 16.5. The maximum atomic E-state index is 12.5. The van der Waals surface area contributed by atoms with Crippen LogP contribution in [-0.4, -0.2) is 57.2 Å². The third kappa shape index (κ3) is 3.83. The number of carboxylic acid groups (broad SMARTS) is 1. The van der Waals surface area contributed by atoms with Crippen LogP contribution in [0.5, 0.6) is 0 Å². The van der Waals surface area contributed by atoms with Crippen LogP contribution >= 0.6 is 0 Å². The number of nitrogens with one attached hydrogen (secondary N) is 1. The lowest BCUT2D eigenvalue weighted by molar-refractivity contribution is -0.147. The number of fused-ring (bicyclic) bond motifs is 1. The first-order valence-corrected chi connectivity index (χ1v) is 8.28. The van der Waals surface area contributed by atoms with Gasteiger partial charge >= 0.3 is 11.7 Å². The van der Waals surface area contributed by atoms with Crippen LogP contribution in [0, 0.1) is 0 Å². The molecule has 2 aromatic rings. The van der Waals surface area contributed by atoms with Crippen LogP contribution in [-0.2, 0) is 20.9 Å². The van der Waals surface area contributed by atoms with Crippen molar-refractivity contribution in [3.8, 4) is 0 Å². The summed E-state index contributed by atoms with van der Waals surface area (Å²) < 4.78 is 6.72. The van der Waals surface area contributed by atoms with Crippen molar-refractivity contribution in [2.45, 2.75) is 25.5 Å². The molecule has 26 heavy (non-hydrogen) atoms. The molecule has 9 nitrogen and oxygen atoms in total. The van der Waals surface area contributed by atoms with Crippen LogP contribution in [0.15, 0.2) is 33.9 Å². The molecule has 3 rings (SSSR count). The normalized spacial score (nSPS) is 17.4. The lowest BCUT2D eigenvalue weighted by Crippen LogP contribution is -2.46. The van der Waals surface area contributed by atoms with Gasteiger partial charge in [0.2, 0.25) is 5.91 Å². The SMILES string of the molecule is O=C(O)C[C@@H]1CN(C(=O)CCn2c(=O)[nH]c(=O)c3ccccc32)CCO1. The Morgan fingerprint density at radius 3 is 2.81 bits per heavy atom. The fraction of sp³-hybridized carbons (Fsp3) is 0.412. The summed E-state index contributed by atoms with van der Waals surface area (Å²) in [5.41, 5.74) is -0.551. The van der Waals surface area contributed by atoms with Crippen molar-refractivity contribution in [3.63, 3.8) is 0 Å². The second-order valence-electron chi connectivity index (χ2n) is 6.11. The number of carbonyl (C=O) groups is 2. The van der Waals surface area contributed by atoms with Gasteiger partial charge in [-0.2, -0.15) is 0 Å².